The first-order valence-corrected chi connectivity index (χ1v) is 13.7. The average Bonchev–Trinajstić information content (AvgIpc) is 3.03. The van der Waals surface area contributed by atoms with Crippen molar-refractivity contribution in [2.75, 3.05) is 6.61 Å². The zero-order valence-electron chi connectivity index (χ0n) is 20.7. The van der Waals surface area contributed by atoms with Crippen LogP contribution >= 0.6 is 0 Å². The van der Waals surface area contributed by atoms with E-state index in [1.54, 1.807) is 0 Å². The van der Waals surface area contributed by atoms with Crippen molar-refractivity contribution >= 4 is 18.7 Å². The summed E-state index contributed by atoms with van der Waals surface area (Å²) in [5, 5.41) is 13.4. The van der Waals surface area contributed by atoms with Gasteiger partial charge in [0.15, 0.2) is 5.79 Å². The van der Waals surface area contributed by atoms with Gasteiger partial charge in [-0.15, -0.1) is 0 Å². The highest BCUT2D eigenvalue weighted by Gasteiger charge is 2.50. The molecule has 0 amide bonds. The van der Waals surface area contributed by atoms with Crippen LogP contribution in [0.25, 0.3) is 0 Å². The summed E-state index contributed by atoms with van der Waals surface area (Å²) in [6, 6.07) is 21.2. The quantitative estimate of drug-likeness (QED) is 0.595. The molecule has 0 saturated carbocycles. The monoisotopic (exact) mass is 456 g/mol. The lowest BCUT2D eigenvalue weighted by atomic mass is 9.93. The van der Waals surface area contributed by atoms with Crippen LogP contribution in [0.3, 0.4) is 0 Å². The molecule has 0 aliphatic carbocycles. The third kappa shape index (κ3) is 5.18. The fourth-order valence-corrected chi connectivity index (χ4v) is 9.66. The molecule has 5 heteroatoms. The molecule has 4 atom stereocenters. The SMILES string of the molecule is C[C@H]([C@@H]1OC(C)(C)O[C@H]1C)[C@H](O)CCO[Si](c1ccccc1)(c1ccccc1)C(C)(C)C. The summed E-state index contributed by atoms with van der Waals surface area (Å²) in [5.74, 6) is -0.654. The van der Waals surface area contributed by atoms with Gasteiger partial charge in [-0.25, -0.2) is 0 Å². The minimum absolute atomic E-state index is 0.0467. The fourth-order valence-electron chi connectivity index (χ4n) is 5.08. The van der Waals surface area contributed by atoms with Crippen molar-refractivity contribution in [3.8, 4) is 0 Å². The number of aliphatic hydroxyl groups is 1. The van der Waals surface area contributed by atoms with E-state index in [2.05, 4.69) is 69.3 Å². The first-order chi connectivity index (χ1) is 15.0. The molecular weight excluding hydrogens is 416 g/mol. The molecule has 0 bridgehead atoms. The standard InChI is InChI=1S/C27H40O4Si/c1-20(25-21(2)30-27(6,7)31-25)24(28)18-19-29-32(26(3,4)5,22-14-10-8-11-15-22)23-16-12-9-13-17-23/h8-17,20-21,24-25,28H,18-19H2,1-7H3/t20-,21-,24+,25-/m0/s1. The van der Waals surface area contributed by atoms with Crippen LogP contribution < -0.4 is 10.4 Å². The van der Waals surface area contributed by atoms with Crippen LogP contribution in [0.15, 0.2) is 60.7 Å². The maximum atomic E-state index is 11.0. The number of hydrogen-bond donors (Lipinski definition) is 1. The van der Waals surface area contributed by atoms with Gasteiger partial charge < -0.3 is 19.0 Å². The van der Waals surface area contributed by atoms with Crippen molar-refractivity contribution in [1.29, 1.82) is 0 Å². The van der Waals surface area contributed by atoms with Crippen LogP contribution in [0.4, 0.5) is 0 Å². The summed E-state index contributed by atoms with van der Waals surface area (Å²) < 4.78 is 18.9. The second-order valence-corrected chi connectivity index (χ2v) is 14.8. The van der Waals surface area contributed by atoms with Crippen molar-refractivity contribution < 1.29 is 19.0 Å². The number of benzene rings is 2. The first kappa shape index (κ1) is 25.1. The molecule has 1 aliphatic rings. The summed E-state index contributed by atoms with van der Waals surface area (Å²) >= 11 is 0. The molecule has 0 spiro atoms. The zero-order chi connectivity index (χ0) is 23.6. The summed E-state index contributed by atoms with van der Waals surface area (Å²) in [6.07, 6.45) is -0.156. The number of aliphatic hydroxyl groups excluding tert-OH is 1. The van der Waals surface area contributed by atoms with E-state index in [0.717, 1.165) is 0 Å². The molecule has 2 aromatic carbocycles. The number of rotatable bonds is 8. The van der Waals surface area contributed by atoms with Crippen LogP contribution in [-0.4, -0.2) is 44.1 Å². The maximum absolute atomic E-state index is 11.0. The van der Waals surface area contributed by atoms with E-state index in [1.807, 2.05) is 39.8 Å². The van der Waals surface area contributed by atoms with Crippen LogP contribution in [0.5, 0.6) is 0 Å². The van der Waals surface area contributed by atoms with Crippen molar-refractivity contribution in [1.82, 2.24) is 0 Å². The molecule has 0 radical (unpaired) electrons. The van der Waals surface area contributed by atoms with Gasteiger partial charge in [-0.1, -0.05) is 88.4 Å². The molecule has 0 aromatic heterocycles. The average molecular weight is 457 g/mol. The summed E-state index contributed by atoms with van der Waals surface area (Å²) in [5.41, 5.74) is 0. The molecular formula is C27H40O4Si. The lowest BCUT2D eigenvalue weighted by Crippen LogP contribution is -2.66. The second-order valence-electron chi connectivity index (χ2n) is 10.5. The molecule has 4 nitrogen and oxygen atoms in total. The van der Waals surface area contributed by atoms with Gasteiger partial charge >= 0.3 is 0 Å². The Morgan fingerprint density at radius 3 is 1.88 bits per heavy atom. The normalized spacial score (nSPS) is 23.1. The van der Waals surface area contributed by atoms with E-state index < -0.39 is 20.2 Å². The molecule has 0 unspecified atom stereocenters. The van der Waals surface area contributed by atoms with E-state index in [1.165, 1.54) is 10.4 Å². The molecule has 176 valence electrons. The summed E-state index contributed by atoms with van der Waals surface area (Å²) in [4.78, 5) is 0. The highest BCUT2D eigenvalue weighted by molar-refractivity contribution is 6.99. The lowest BCUT2D eigenvalue weighted by molar-refractivity contribution is -0.152. The number of ether oxygens (including phenoxy) is 2. The predicted molar refractivity (Wildman–Crippen MR) is 133 cm³/mol. The third-order valence-corrected chi connectivity index (χ3v) is 11.7. The van der Waals surface area contributed by atoms with Crippen molar-refractivity contribution in [2.45, 2.75) is 84.0 Å². The van der Waals surface area contributed by atoms with Gasteiger partial charge in [0, 0.05) is 12.5 Å². The Morgan fingerprint density at radius 2 is 1.47 bits per heavy atom. The van der Waals surface area contributed by atoms with Crippen molar-refractivity contribution in [3.63, 3.8) is 0 Å². The molecule has 1 heterocycles. The van der Waals surface area contributed by atoms with Gasteiger partial charge in [-0.3, -0.25) is 0 Å². The van der Waals surface area contributed by atoms with Gasteiger partial charge in [0.2, 0.25) is 0 Å². The van der Waals surface area contributed by atoms with Gasteiger partial charge in [-0.05, 0) is 42.6 Å². The second kappa shape index (κ2) is 9.78. The lowest BCUT2D eigenvalue weighted by Gasteiger charge is -2.43. The third-order valence-electron chi connectivity index (χ3n) is 6.63. The molecule has 1 saturated heterocycles. The van der Waals surface area contributed by atoms with Crippen LogP contribution in [-0.2, 0) is 13.9 Å². The van der Waals surface area contributed by atoms with Crippen LogP contribution in [0, 0.1) is 5.92 Å². The molecule has 1 N–H and O–H groups in total. The van der Waals surface area contributed by atoms with Crippen molar-refractivity contribution in [3.05, 3.63) is 60.7 Å². The van der Waals surface area contributed by atoms with Gasteiger partial charge in [-0.2, -0.15) is 0 Å². The molecule has 3 rings (SSSR count). The van der Waals surface area contributed by atoms with Gasteiger partial charge in [0.25, 0.3) is 8.32 Å². The van der Waals surface area contributed by atoms with Gasteiger partial charge in [0.05, 0.1) is 18.3 Å². The van der Waals surface area contributed by atoms with E-state index in [-0.39, 0.29) is 23.2 Å². The largest absolute Gasteiger partial charge is 0.407 e. The Bertz CT molecular complexity index is 807. The van der Waals surface area contributed by atoms with Crippen LogP contribution in [0.1, 0.15) is 54.9 Å². The topological polar surface area (TPSA) is 47.9 Å². The van der Waals surface area contributed by atoms with E-state index in [9.17, 15) is 5.11 Å². The Balaban J connectivity index is 1.81. The summed E-state index contributed by atoms with van der Waals surface area (Å²) in [6.45, 7) is 15.2. The predicted octanol–water partition coefficient (Wildman–Crippen LogP) is 4.49. The van der Waals surface area contributed by atoms with Gasteiger partial charge in [0.1, 0.15) is 0 Å². The smallest absolute Gasteiger partial charge is 0.261 e. The maximum Gasteiger partial charge on any atom is 0.261 e. The zero-order valence-corrected chi connectivity index (χ0v) is 21.7. The highest BCUT2D eigenvalue weighted by Crippen LogP contribution is 2.37. The molecule has 32 heavy (non-hydrogen) atoms. The van der Waals surface area contributed by atoms with Crippen molar-refractivity contribution in [2.24, 2.45) is 5.92 Å². The Hall–Kier alpha value is -1.50. The van der Waals surface area contributed by atoms with E-state index in [4.69, 9.17) is 13.9 Å². The number of hydrogen-bond acceptors (Lipinski definition) is 4. The molecule has 2 aromatic rings. The Morgan fingerprint density at radius 1 is 0.969 bits per heavy atom. The Labute approximate surface area is 195 Å². The molecule has 1 fully saturated rings. The minimum Gasteiger partial charge on any atom is -0.407 e. The highest BCUT2D eigenvalue weighted by atomic mass is 28.4. The summed E-state index contributed by atoms with van der Waals surface area (Å²) in [7, 11) is -2.59. The van der Waals surface area contributed by atoms with Crippen LogP contribution in [0.2, 0.25) is 5.04 Å². The Kier molecular flexibility index (Phi) is 7.68. The van der Waals surface area contributed by atoms with E-state index in [0.29, 0.717) is 13.0 Å². The van der Waals surface area contributed by atoms with E-state index >= 15 is 0 Å². The first-order valence-electron chi connectivity index (χ1n) is 11.8. The minimum atomic E-state index is -2.59. The molecule has 1 aliphatic heterocycles. The fraction of sp³-hybridized carbons (Fsp3) is 0.556.